The first-order chi connectivity index (χ1) is 8.52. The molecule has 1 heterocycles. The Labute approximate surface area is 106 Å². The standard InChI is InChI=1S/C11H10ClNO5/c1-17-8-5-9-7(4-6(8)12)13(11(16)18-9)3-2-10(14)15/h4-5H,2-3H2,1H3,(H,14,15). The van der Waals surface area contributed by atoms with Crippen molar-refractivity contribution in [3.63, 3.8) is 0 Å². The van der Waals surface area contributed by atoms with E-state index in [4.69, 9.17) is 25.9 Å². The lowest BCUT2D eigenvalue weighted by Crippen LogP contribution is -2.16. The number of nitrogens with zero attached hydrogens (tertiary/aromatic N) is 1. The molecular formula is C11H10ClNO5. The third-order valence-corrected chi connectivity index (χ3v) is 2.79. The molecule has 0 fully saturated rings. The number of hydrogen-bond acceptors (Lipinski definition) is 4. The molecule has 0 spiro atoms. The number of carbonyl (C=O) groups is 1. The predicted molar refractivity (Wildman–Crippen MR) is 64.3 cm³/mol. The van der Waals surface area contributed by atoms with Crippen molar-refractivity contribution in [3.05, 3.63) is 27.7 Å². The third-order valence-electron chi connectivity index (χ3n) is 2.49. The Bertz CT molecular complexity index is 657. The number of halogens is 1. The summed E-state index contributed by atoms with van der Waals surface area (Å²) in [6.45, 7) is 0.0316. The molecule has 0 aliphatic carbocycles. The first-order valence-electron chi connectivity index (χ1n) is 5.11. The number of aromatic nitrogens is 1. The van der Waals surface area contributed by atoms with Gasteiger partial charge in [0.05, 0.1) is 24.1 Å². The lowest BCUT2D eigenvalue weighted by Gasteiger charge is -2.03. The number of carboxylic acid groups (broad SMARTS) is 1. The van der Waals surface area contributed by atoms with Gasteiger partial charge < -0.3 is 14.3 Å². The molecule has 0 radical (unpaired) electrons. The van der Waals surface area contributed by atoms with E-state index in [9.17, 15) is 9.59 Å². The number of benzene rings is 1. The SMILES string of the molecule is COc1cc2oc(=O)n(CCC(=O)O)c2cc1Cl. The number of aryl methyl sites for hydroxylation is 1. The predicted octanol–water partition coefficient (Wildman–Crippen LogP) is 1.73. The Morgan fingerprint density at radius 1 is 1.56 bits per heavy atom. The lowest BCUT2D eigenvalue weighted by molar-refractivity contribution is -0.137. The summed E-state index contributed by atoms with van der Waals surface area (Å²) in [5.41, 5.74) is 0.763. The van der Waals surface area contributed by atoms with Gasteiger partial charge in [0.2, 0.25) is 0 Å². The molecule has 18 heavy (non-hydrogen) atoms. The zero-order valence-electron chi connectivity index (χ0n) is 9.47. The van der Waals surface area contributed by atoms with E-state index in [1.165, 1.54) is 23.8 Å². The van der Waals surface area contributed by atoms with Gasteiger partial charge in [-0.1, -0.05) is 11.6 Å². The summed E-state index contributed by atoms with van der Waals surface area (Å²) in [6, 6.07) is 3.01. The van der Waals surface area contributed by atoms with Gasteiger partial charge in [0.1, 0.15) is 5.75 Å². The van der Waals surface area contributed by atoms with Crippen LogP contribution in [0.15, 0.2) is 21.3 Å². The quantitative estimate of drug-likeness (QED) is 0.916. The number of hydrogen-bond donors (Lipinski definition) is 1. The summed E-state index contributed by atoms with van der Waals surface area (Å²) < 4.78 is 11.2. The molecule has 0 saturated heterocycles. The molecule has 2 aromatic rings. The molecule has 0 aliphatic rings. The van der Waals surface area contributed by atoms with E-state index >= 15 is 0 Å². The van der Waals surface area contributed by atoms with Crippen molar-refractivity contribution < 1.29 is 19.1 Å². The van der Waals surface area contributed by atoms with Crippen LogP contribution in [0, 0.1) is 0 Å². The molecule has 0 bridgehead atoms. The van der Waals surface area contributed by atoms with Gasteiger partial charge >= 0.3 is 11.7 Å². The number of rotatable bonds is 4. The van der Waals surface area contributed by atoms with Crippen LogP contribution < -0.4 is 10.5 Å². The van der Waals surface area contributed by atoms with Gasteiger partial charge in [-0.05, 0) is 6.07 Å². The highest BCUT2D eigenvalue weighted by molar-refractivity contribution is 6.32. The van der Waals surface area contributed by atoms with Gasteiger partial charge in [0.15, 0.2) is 5.58 Å². The summed E-state index contributed by atoms with van der Waals surface area (Å²) in [5, 5.41) is 8.95. The number of ether oxygens (including phenoxy) is 1. The number of carboxylic acids is 1. The highest BCUT2D eigenvalue weighted by Gasteiger charge is 2.13. The van der Waals surface area contributed by atoms with Gasteiger partial charge in [0.25, 0.3) is 0 Å². The maximum atomic E-state index is 11.6. The highest BCUT2D eigenvalue weighted by atomic mass is 35.5. The van der Waals surface area contributed by atoms with Crippen molar-refractivity contribution >= 4 is 28.7 Å². The van der Waals surface area contributed by atoms with Gasteiger partial charge in [-0.3, -0.25) is 9.36 Å². The van der Waals surface area contributed by atoms with E-state index in [-0.39, 0.29) is 13.0 Å². The van der Waals surface area contributed by atoms with Crippen LogP contribution in [0.5, 0.6) is 5.75 Å². The molecule has 0 saturated carbocycles. The number of aliphatic carboxylic acids is 1. The van der Waals surface area contributed by atoms with E-state index in [0.29, 0.717) is 21.9 Å². The van der Waals surface area contributed by atoms with E-state index in [1.54, 1.807) is 0 Å². The monoisotopic (exact) mass is 271 g/mol. The van der Waals surface area contributed by atoms with Gasteiger partial charge in [-0.2, -0.15) is 0 Å². The van der Waals surface area contributed by atoms with Crippen molar-refractivity contribution in [1.82, 2.24) is 4.57 Å². The number of fused-ring (bicyclic) bond motifs is 1. The van der Waals surface area contributed by atoms with Gasteiger partial charge in [-0.15, -0.1) is 0 Å². The molecule has 1 aromatic heterocycles. The number of oxazole rings is 1. The second-order valence-corrected chi connectivity index (χ2v) is 4.03. The van der Waals surface area contributed by atoms with E-state index < -0.39 is 11.7 Å². The van der Waals surface area contributed by atoms with Crippen LogP contribution in [0.25, 0.3) is 11.1 Å². The fraction of sp³-hybridized carbons (Fsp3) is 0.273. The zero-order chi connectivity index (χ0) is 13.3. The average molecular weight is 272 g/mol. The van der Waals surface area contributed by atoms with E-state index in [2.05, 4.69) is 0 Å². The smallest absolute Gasteiger partial charge is 0.419 e. The second-order valence-electron chi connectivity index (χ2n) is 3.62. The minimum absolute atomic E-state index is 0.0316. The van der Waals surface area contributed by atoms with Crippen LogP contribution in [0.3, 0.4) is 0 Å². The first-order valence-corrected chi connectivity index (χ1v) is 5.49. The summed E-state index contributed by atoms with van der Waals surface area (Å²) in [7, 11) is 1.45. The fourth-order valence-corrected chi connectivity index (χ4v) is 1.88. The van der Waals surface area contributed by atoms with Gasteiger partial charge in [0, 0.05) is 12.6 Å². The van der Waals surface area contributed by atoms with Crippen molar-refractivity contribution in [2.24, 2.45) is 0 Å². The summed E-state index contributed by atoms with van der Waals surface area (Å²) in [4.78, 5) is 22.1. The average Bonchev–Trinajstić information content (AvgIpc) is 2.60. The largest absolute Gasteiger partial charge is 0.495 e. The molecule has 1 aromatic carbocycles. The lowest BCUT2D eigenvalue weighted by atomic mass is 10.3. The van der Waals surface area contributed by atoms with Crippen molar-refractivity contribution in [1.29, 1.82) is 0 Å². The molecule has 6 nitrogen and oxygen atoms in total. The highest BCUT2D eigenvalue weighted by Crippen LogP contribution is 2.29. The van der Waals surface area contributed by atoms with E-state index in [0.717, 1.165) is 0 Å². The first kappa shape index (κ1) is 12.5. The normalized spacial score (nSPS) is 10.8. The zero-order valence-corrected chi connectivity index (χ0v) is 10.2. The fourth-order valence-electron chi connectivity index (χ4n) is 1.64. The van der Waals surface area contributed by atoms with E-state index in [1.807, 2.05) is 0 Å². The minimum Gasteiger partial charge on any atom is -0.495 e. The third kappa shape index (κ3) is 2.19. The van der Waals surface area contributed by atoms with Crippen molar-refractivity contribution in [2.45, 2.75) is 13.0 Å². The van der Waals surface area contributed by atoms with Crippen LogP contribution in [0.4, 0.5) is 0 Å². The molecular weight excluding hydrogens is 262 g/mol. The Balaban J connectivity index is 2.53. The molecule has 0 amide bonds. The Kier molecular flexibility index (Phi) is 3.29. The maximum absolute atomic E-state index is 11.6. The van der Waals surface area contributed by atoms with Crippen LogP contribution in [0.2, 0.25) is 5.02 Å². The van der Waals surface area contributed by atoms with Crippen molar-refractivity contribution in [2.75, 3.05) is 7.11 Å². The summed E-state index contributed by atoms with van der Waals surface area (Å²) in [5.74, 6) is -1.21. The Morgan fingerprint density at radius 2 is 2.28 bits per heavy atom. The maximum Gasteiger partial charge on any atom is 0.419 e. The number of methoxy groups -OCH3 is 1. The van der Waals surface area contributed by atoms with Crippen LogP contribution >= 0.6 is 11.6 Å². The summed E-state index contributed by atoms with van der Waals surface area (Å²) >= 11 is 5.95. The van der Waals surface area contributed by atoms with Crippen molar-refractivity contribution in [3.8, 4) is 5.75 Å². The van der Waals surface area contributed by atoms with Crippen LogP contribution in [-0.4, -0.2) is 22.8 Å². The molecule has 0 unspecified atom stereocenters. The minimum atomic E-state index is -0.990. The topological polar surface area (TPSA) is 81.7 Å². The molecule has 1 N–H and O–H groups in total. The van der Waals surface area contributed by atoms with Crippen LogP contribution in [0.1, 0.15) is 6.42 Å². The Hall–Kier alpha value is -1.95. The molecule has 2 rings (SSSR count). The van der Waals surface area contributed by atoms with Crippen LogP contribution in [-0.2, 0) is 11.3 Å². The van der Waals surface area contributed by atoms with Gasteiger partial charge in [-0.25, -0.2) is 4.79 Å². The second kappa shape index (κ2) is 4.73. The molecule has 0 aliphatic heterocycles. The molecule has 96 valence electrons. The molecule has 7 heteroatoms. The molecule has 0 atom stereocenters. The summed E-state index contributed by atoms with van der Waals surface area (Å²) in [6.07, 6.45) is -0.168. The Morgan fingerprint density at radius 3 is 2.89 bits per heavy atom.